The Morgan fingerprint density at radius 3 is 2.35 bits per heavy atom. The summed E-state index contributed by atoms with van der Waals surface area (Å²) < 4.78 is 48.5. The maximum absolute atomic E-state index is 12.2. The van der Waals surface area contributed by atoms with Gasteiger partial charge in [0.15, 0.2) is 0 Å². The second kappa shape index (κ2) is 5.42. The highest BCUT2D eigenvalue weighted by atomic mass is 32.2. The minimum atomic E-state index is -4.63. The number of benzene rings is 1. The summed E-state index contributed by atoms with van der Waals surface area (Å²) in [5, 5.41) is 2.91. The molecule has 0 amide bonds. The minimum Gasteiger partial charge on any atom is -0.313 e. The summed E-state index contributed by atoms with van der Waals surface area (Å²) in [6, 6.07) is 6.26. The van der Waals surface area contributed by atoms with E-state index in [1.54, 1.807) is 32.2 Å². The van der Waals surface area contributed by atoms with E-state index in [2.05, 4.69) is 5.32 Å². The molecule has 0 bridgehead atoms. The van der Waals surface area contributed by atoms with Crippen molar-refractivity contribution in [1.82, 2.24) is 5.32 Å². The van der Waals surface area contributed by atoms with Crippen LogP contribution in [0.25, 0.3) is 0 Å². The molecule has 96 valence electrons. The predicted octanol–water partition coefficient (Wildman–Crippen LogP) is 1.93. The standard InChI is InChI=1S/C10H14F2N2O2S/c1-7(13-2)8-5-3-4-6-9(8)14-17(15,16)10(11)12/h3-7,10,13-14H,1-2H3. The molecule has 0 aliphatic rings. The highest BCUT2D eigenvalue weighted by Crippen LogP contribution is 2.24. The fourth-order valence-electron chi connectivity index (χ4n) is 1.32. The van der Waals surface area contributed by atoms with E-state index in [1.165, 1.54) is 6.07 Å². The van der Waals surface area contributed by atoms with E-state index >= 15 is 0 Å². The Kier molecular flexibility index (Phi) is 4.41. The smallest absolute Gasteiger partial charge is 0.313 e. The van der Waals surface area contributed by atoms with Crippen LogP contribution >= 0.6 is 0 Å². The number of hydrogen-bond donors (Lipinski definition) is 2. The van der Waals surface area contributed by atoms with Crippen molar-refractivity contribution >= 4 is 15.7 Å². The van der Waals surface area contributed by atoms with Crippen LogP contribution in [0.2, 0.25) is 0 Å². The second-order valence-electron chi connectivity index (χ2n) is 3.51. The lowest BCUT2D eigenvalue weighted by Gasteiger charge is -2.16. The Balaban J connectivity index is 3.07. The molecule has 4 nitrogen and oxygen atoms in total. The van der Waals surface area contributed by atoms with Crippen molar-refractivity contribution in [2.45, 2.75) is 18.7 Å². The third-order valence-electron chi connectivity index (χ3n) is 2.35. The number of para-hydroxylation sites is 1. The predicted molar refractivity (Wildman–Crippen MR) is 62.5 cm³/mol. The van der Waals surface area contributed by atoms with Crippen LogP contribution in [-0.2, 0) is 10.0 Å². The van der Waals surface area contributed by atoms with Crippen LogP contribution in [0.1, 0.15) is 18.5 Å². The quantitative estimate of drug-likeness (QED) is 0.854. The maximum atomic E-state index is 12.2. The molecule has 0 saturated heterocycles. The first-order chi connectivity index (χ1) is 7.88. The first-order valence-corrected chi connectivity index (χ1v) is 6.49. The molecule has 0 aromatic heterocycles. The molecule has 0 heterocycles. The van der Waals surface area contributed by atoms with Crippen molar-refractivity contribution < 1.29 is 17.2 Å². The van der Waals surface area contributed by atoms with Crippen LogP contribution in [0.3, 0.4) is 0 Å². The van der Waals surface area contributed by atoms with Crippen LogP contribution in [-0.4, -0.2) is 21.2 Å². The van der Waals surface area contributed by atoms with Crippen molar-refractivity contribution in [3.05, 3.63) is 29.8 Å². The van der Waals surface area contributed by atoms with Gasteiger partial charge in [-0.3, -0.25) is 4.72 Å². The molecular formula is C10H14F2N2O2S. The molecule has 0 spiro atoms. The molecular weight excluding hydrogens is 250 g/mol. The Hall–Kier alpha value is -1.21. The molecule has 0 aliphatic carbocycles. The van der Waals surface area contributed by atoms with Gasteiger partial charge in [-0.1, -0.05) is 18.2 Å². The summed E-state index contributed by atoms with van der Waals surface area (Å²) in [6.07, 6.45) is 0. The molecule has 7 heteroatoms. The van der Waals surface area contributed by atoms with E-state index < -0.39 is 15.8 Å². The average molecular weight is 264 g/mol. The van der Waals surface area contributed by atoms with Crippen molar-refractivity contribution in [2.75, 3.05) is 11.8 Å². The van der Waals surface area contributed by atoms with Gasteiger partial charge in [0.1, 0.15) is 0 Å². The number of alkyl halides is 2. The maximum Gasteiger partial charge on any atom is 0.355 e. The van der Waals surface area contributed by atoms with Gasteiger partial charge in [-0.25, -0.2) is 8.42 Å². The van der Waals surface area contributed by atoms with Gasteiger partial charge in [0.25, 0.3) is 10.0 Å². The lowest BCUT2D eigenvalue weighted by molar-refractivity contribution is 0.236. The molecule has 1 rings (SSSR count). The summed E-state index contributed by atoms with van der Waals surface area (Å²) in [7, 11) is -2.93. The van der Waals surface area contributed by atoms with Crippen molar-refractivity contribution in [1.29, 1.82) is 0 Å². The molecule has 1 aromatic carbocycles. The van der Waals surface area contributed by atoms with Crippen LogP contribution in [0.15, 0.2) is 24.3 Å². The molecule has 1 atom stereocenters. The Labute approximate surface area is 99.1 Å². The highest BCUT2D eigenvalue weighted by Gasteiger charge is 2.25. The number of hydrogen-bond acceptors (Lipinski definition) is 3. The third-order valence-corrected chi connectivity index (χ3v) is 3.32. The summed E-state index contributed by atoms with van der Waals surface area (Å²) >= 11 is 0. The van der Waals surface area contributed by atoms with E-state index in [9.17, 15) is 17.2 Å². The first-order valence-electron chi connectivity index (χ1n) is 4.94. The van der Waals surface area contributed by atoms with Crippen LogP contribution < -0.4 is 10.0 Å². The number of halogens is 2. The monoisotopic (exact) mass is 264 g/mol. The van der Waals surface area contributed by atoms with Crippen LogP contribution in [0.5, 0.6) is 0 Å². The summed E-state index contributed by atoms with van der Waals surface area (Å²) in [6.45, 7) is 1.80. The second-order valence-corrected chi connectivity index (χ2v) is 5.16. The highest BCUT2D eigenvalue weighted by molar-refractivity contribution is 7.93. The molecule has 1 aromatic rings. The van der Waals surface area contributed by atoms with Gasteiger partial charge in [-0.05, 0) is 25.6 Å². The van der Waals surface area contributed by atoms with Gasteiger partial charge in [-0.15, -0.1) is 0 Å². The number of sulfonamides is 1. The summed E-state index contributed by atoms with van der Waals surface area (Å²) in [5.41, 5.74) is 0.772. The Morgan fingerprint density at radius 2 is 1.82 bits per heavy atom. The van der Waals surface area contributed by atoms with Gasteiger partial charge in [0.2, 0.25) is 0 Å². The van der Waals surface area contributed by atoms with Gasteiger partial charge < -0.3 is 5.32 Å². The lowest BCUT2D eigenvalue weighted by atomic mass is 10.1. The summed E-state index contributed by atoms with van der Waals surface area (Å²) in [4.78, 5) is 0. The van der Waals surface area contributed by atoms with Gasteiger partial charge in [0.05, 0.1) is 5.69 Å². The van der Waals surface area contributed by atoms with E-state index in [1.807, 2.05) is 4.72 Å². The first kappa shape index (κ1) is 13.9. The zero-order valence-electron chi connectivity index (χ0n) is 9.44. The van der Waals surface area contributed by atoms with Crippen molar-refractivity contribution in [3.63, 3.8) is 0 Å². The summed E-state index contributed by atoms with van der Waals surface area (Å²) in [5.74, 6) is -3.44. The molecule has 0 fully saturated rings. The van der Waals surface area contributed by atoms with E-state index in [0.29, 0.717) is 5.56 Å². The largest absolute Gasteiger partial charge is 0.355 e. The Bertz CT molecular complexity index is 477. The topological polar surface area (TPSA) is 58.2 Å². The van der Waals surface area contributed by atoms with E-state index in [-0.39, 0.29) is 11.7 Å². The van der Waals surface area contributed by atoms with Crippen LogP contribution in [0, 0.1) is 0 Å². The SMILES string of the molecule is CNC(C)c1ccccc1NS(=O)(=O)C(F)F. The fraction of sp³-hybridized carbons (Fsp3) is 0.400. The van der Waals surface area contributed by atoms with Crippen LogP contribution in [0.4, 0.5) is 14.5 Å². The average Bonchev–Trinajstić information content (AvgIpc) is 2.28. The molecule has 17 heavy (non-hydrogen) atoms. The van der Waals surface area contributed by atoms with Gasteiger partial charge in [-0.2, -0.15) is 8.78 Å². The molecule has 2 N–H and O–H groups in total. The van der Waals surface area contributed by atoms with Gasteiger partial charge in [0, 0.05) is 6.04 Å². The molecule has 0 aliphatic heterocycles. The van der Waals surface area contributed by atoms with Crippen molar-refractivity contribution in [3.8, 4) is 0 Å². The van der Waals surface area contributed by atoms with Gasteiger partial charge >= 0.3 is 5.76 Å². The molecule has 0 saturated carbocycles. The lowest BCUT2D eigenvalue weighted by Crippen LogP contribution is -2.23. The fourth-order valence-corrected chi connectivity index (χ4v) is 1.90. The van der Waals surface area contributed by atoms with E-state index in [4.69, 9.17) is 0 Å². The number of nitrogens with one attached hydrogen (secondary N) is 2. The third kappa shape index (κ3) is 3.37. The van der Waals surface area contributed by atoms with Crippen molar-refractivity contribution in [2.24, 2.45) is 0 Å². The number of anilines is 1. The normalized spacial score (nSPS) is 13.7. The van der Waals surface area contributed by atoms with E-state index in [0.717, 1.165) is 0 Å². The zero-order chi connectivity index (χ0) is 13.1. The zero-order valence-corrected chi connectivity index (χ0v) is 10.3. The Morgan fingerprint density at radius 1 is 1.24 bits per heavy atom. The number of rotatable bonds is 5. The minimum absolute atomic E-state index is 0.147. The molecule has 1 unspecified atom stereocenters. The molecule has 0 radical (unpaired) electrons.